The molecule has 0 unspecified atom stereocenters. The number of fused-ring (bicyclic) bond motifs is 3. The molecule has 6 heteroatoms. The fourth-order valence-electron chi connectivity index (χ4n) is 1.16. The average molecular weight is 189 g/mol. The molecule has 0 bridgehead atoms. The first kappa shape index (κ1) is 6.79. The molecule has 0 radical (unpaired) electrons. The van der Waals surface area contributed by atoms with Gasteiger partial charge in [-0.2, -0.15) is 5.10 Å². The fraction of sp³-hybridized carbons (Fsp3) is 0. The lowest BCUT2D eigenvalue weighted by Crippen LogP contribution is -1.84. The Balaban J connectivity index is 2.64. The van der Waals surface area contributed by atoms with E-state index in [1.54, 1.807) is 17.5 Å². The van der Waals surface area contributed by atoms with Gasteiger partial charge in [-0.1, -0.05) is 0 Å². The Hall–Kier alpha value is -1.69. The van der Waals surface area contributed by atoms with Crippen molar-refractivity contribution < 1.29 is 0 Å². The molecule has 0 aromatic carbocycles. The summed E-state index contributed by atoms with van der Waals surface area (Å²) in [5.41, 5.74) is 1.51. The highest BCUT2D eigenvalue weighted by Gasteiger charge is 2.07. The van der Waals surface area contributed by atoms with Crippen LogP contribution in [0, 0.1) is 0 Å². The van der Waals surface area contributed by atoms with E-state index in [-0.39, 0.29) is 0 Å². The maximum atomic E-state index is 4.10. The van der Waals surface area contributed by atoms with Crippen LogP contribution in [0.2, 0.25) is 0 Å². The number of hydrogen-bond acceptors (Lipinski definition) is 6. The molecule has 3 heterocycles. The van der Waals surface area contributed by atoms with Gasteiger partial charge in [0.1, 0.15) is 16.7 Å². The van der Waals surface area contributed by atoms with E-state index in [4.69, 9.17) is 0 Å². The Morgan fingerprint density at radius 3 is 3.00 bits per heavy atom. The van der Waals surface area contributed by atoms with Crippen molar-refractivity contribution in [3.8, 4) is 0 Å². The van der Waals surface area contributed by atoms with Crippen LogP contribution in [0.25, 0.3) is 20.6 Å². The highest BCUT2D eigenvalue weighted by molar-refractivity contribution is 7.25. The summed E-state index contributed by atoms with van der Waals surface area (Å²) in [6.45, 7) is 0. The Kier molecular flexibility index (Phi) is 1.25. The molecule has 3 aromatic rings. The summed E-state index contributed by atoms with van der Waals surface area (Å²) >= 11 is 1.55. The smallest absolute Gasteiger partial charge is 0.151 e. The SMILES string of the molecule is c1cc2sc3ncnnc3c2nn1. The highest BCUT2D eigenvalue weighted by Crippen LogP contribution is 2.27. The lowest BCUT2D eigenvalue weighted by molar-refractivity contribution is 1.02. The van der Waals surface area contributed by atoms with Crippen LogP contribution in [0.3, 0.4) is 0 Å². The van der Waals surface area contributed by atoms with Gasteiger partial charge in [0.05, 0.1) is 10.9 Å². The van der Waals surface area contributed by atoms with Gasteiger partial charge in [0.15, 0.2) is 5.52 Å². The third-order valence-corrected chi connectivity index (χ3v) is 2.74. The topological polar surface area (TPSA) is 64.5 Å². The van der Waals surface area contributed by atoms with Gasteiger partial charge in [0.2, 0.25) is 0 Å². The second kappa shape index (κ2) is 2.40. The van der Waals surface area contributed by atoms with Crippen molar-refractivity contribution in [3.63, 3.8) is 0 Å². The molecule has 0 aliphatic rings. The van der Waals surface area contributed by atoms with E-state index in [2.05, 4.69) is 25.4 Å². The largest absolute Gasteiger partial charge is 0.222 e. The molecule has 13 heavy (non-hydrogen) atoms. The Morgan fingerprint density at radius 1 is 1.08 bits per heavy atom. The van der Waals surface area contributed by atoms with Crippen LogP contribution in [-0.4, -0.2) is 25.4 Å². The molecular formula is C7H3N5S. The maximum Gasteiger partial charge on any atom is 0.151 e. The number of hydrogen-bond donors (Lipinski definition) is 0. The van der Waals surface area contributed by atoms with Gasteiger partial charge in [0, 0.05) is 0 Å². The van der Waals surface area contributed by atoms with Gasteiger partial charge in [0.25, 0.3) is 0 Å². The van der Waals surface area contributed by atoms with Gasteiger partial charge in [-0.05, 0) is 6.07 Å². The van der Waals surface area contributed by atoms with Crippen LogP contribution in [0.5, 0.6) is 0 Å². The first-order valence-electron chi connectivity index (χ1n) is 3.63. The quantitative estimate of drug-likeness (QED) is 0.528. The second-order valence-electron chi connectivity index (χ2n) is 2.46. The minimum atomic E-state index is 0.732. The molecule has 62 valence electrons. The molecule has 0 fully saturated rings. The molecule has 3 aromatic heterocycles. The van der Waals surface area contributed by atoms with Crippen molar-refractivity contribution >= 4 is 31.9 Å². The third kappa shape index (κ3) is 0.888. The predicted molar refractivity (Wildman–Crippen MR) is 48.3 cm³/mol. The molecule has 0 saturated carbocycles. The molecule has 0 N–H and O–H groups in total. The highest BCUT2D eigenvalue weighted by atomic mass is 32.1. The van der Waals surface area contributed by atoms with Crippen molar-refractivity contribution in [2.45, 2.75) is 0 Å². The zero-order valence-corrected chi connectivity index (χ0v) is 7.19. The zero-order valence-electron chi connectivity index (χ0n) is 6.38. The van der Waals surface area contributed by atoms with Crippen LogP contribution in [-0.2, 0) is 0 Å². The monoisotopic (exact) mass is 189 g/mol. The van der Waals surface area contributed by atoms with Crippen LogP contribution >= 0.6 is 11.3 Å². The second-order valence-corrected chi connectivity index (χ2v) is 3.49. The molecule has 0 amide bonds. The normalized spacial score (nSPS) is 11.1. The Labute approximate surface area is 76.5 Å². The molecule has 0 spiro atoms. The van der Waals surface area contributed by atoms with E-state index >= 15 is 0 Å². The maximum absolute atomic E-state index is 4.10. The van der Waals surface area contributed by atoms with Crippen LogP contribution in [0.4, 0.5) is 0 Å². The number of aromatic nitrogens is 5. The number of nitrogens with zero attached hydrogens (tertiary/aromatic N) is 5. The standard InChI is InChI=1S/C7H3N5S/c1-2-9-11-5-4(1)13-7-6(5)12-10-3-8-7/h1-3H. The molecule has 0 aliphatic heterocycles. The summed E-state index contributed by atoms with van der Waals surface area (Å²) in [4.78, 5) is 4.95. The summed E-state index contributed by atoms with van der Waals surface area (Å²) in [5, 5.41) is 15.5. The van der Waals surface area contributed by atoms with Gasteiger partial charge < -0.3 is 0 Å². The molecule has 3 rings (SSSR count). The van der Waals surface area contributed by atoms with Gasteiger partial charge in [-0.15, -0.1) is 26.6 Å². The zero-order chi connectivity index (χ0) is 8.67. The third-order valence-electron chi connectivity index (χ3n) is 1.70. The average Bonchev–Trinajstić information content (AvgIpc) is 2.56. The molecule has 0 aliphatic carbocycles. The predicted octanol–water partition coefficient (Wildman–Crippen LogP) is 1.03. The van der Waals surface area contributed by atoms with Crippen molar-refractivity contribution in [2.75, 3.05) is 0 Å². The van der Waals surface area contributed by atoms with E-state index in [0.717, 1.165) is 20.6 Å². The van der Waals surface area contributed by atoms with E-state index in [1.807, 2.05) is 6.07 Å². The summed E-state index contributed by atoms with van der Waals surface area (Å²) in [6.07, 6.45) is 3.09. The number of rotatable bonds is 0. The number of thiophene rings is 1. The fourth-order valence-corrected chi connectivity index (χ4v) is 2.07. The summed E-state index contributed by atoms with van der Waals surface area (Å²) in [5.74, 6) is 0. The minimum Gasteiger partial charge on any atom is -0.222 e. The van der Waals surface area contributed by atoms with E-state index < -0.39 is 0 Å². The van der Waals surface area contributed by atoms with Gasteiger partial charge in [-0.3, -0.25) is 0 Å². The first-order valence-corrected chi connectivity index (χ1v) is 4.44. The minimum absolute atomic E-state index is 0.732. The summed E-state index contributed by atoms with van der Waals surface area (Å²) in [7, 11) is 0. The molecular weight excluding hydrogens is 186 g/mol. The van der Waals surface area contributed by atoms with E-state index in [1.165, 1.54) is 6.33 Å². The molecule has 0 atom stereocenters. The van der Waals surface area contributed by atoms with Crippen molar-refractivity contribution in [3.05, 3.63) is 18.6 Å². The molecule has 0 saturated heterocycles. The van der Waals surface area contributed by atoms with Crippen LogP contribution < -0.4 is 0 Å². The van der Waals surface area contributed by atoms with Crippen molar-refractivity contribution in [1.82, 2.24) is 25.4 Å². The lowest BCUT2D eigenvalue weighted by Gasteiger charge is -1.84. The van der Waals surface area contributed by atoms with E-state index in [0.29, 0.717) is 0 Å². The van der Waals surface area contributed by atoms with Crippen LogP contribution in [0.15, 0.2) is 18.6 Å². The Bertz CT molecular complexity index is 525. The van der Waals surface area contributed by atoms with Crippen molar-refractivity contribution in [2.24, 2.45) is 0 Å². The van der Waals surface area contributed by atoms with Crippen molar-refractivity contribution in [1.29, 1.82) is 0 Å². The lowest BCUT2D eigenvalue weighted by atomic mass is 10.4. The Morgan fingerprint density at radius 2 is 2.00 bits per heavy atom. The summed E-state index contributed by atoms with van der Waals surface area (Å²) < 4.78 is 1.04. The van der Waals surface area contributed by atoms with Gasteiger partial charge in [-0.25, -0.2) is 4.98 Å². The molecule has 5 nitrogen and oxygen atoms in total. The van der Waals surface area contributed by atoms with E-state index in [9.17, 15) is 0 Å². The summed E-state index contributed by atoms with van der Waals surface area (Å²) in [6, 6.07) is 1.90. The first-order chi connectivity index (χ1) is 6.45. The van der Waals surface area contributed by atoms with Crippen LogP contribution in [0.1, 0.15) is 0 Å². The van der Waals surface area contributed by atoms with Gasteiger partial charge >= 0.3 is 0 Å².